The second-order valence-electron chi connectivity index (χ2n) is 2.70. The summed E-state index contributed by atoms with van der Waals surface area (Å²) in [5.74, 6) is 0. The fraction of sp³-hybridized carbons (Fsp3) is 0.714. The van der Waals surface area contributed by atoms with Crippen molar-refractivity contribution in [3.63, 3.8) is 0 Å². The second-order valence-corrected chi connectivity index (χ2v) is 2.70. The van der Waals surface area contributed by atoms with Crippen molar-refractivity contribution in [3.05, 3.63) is 0 Å². The molecule has 0 aromatic heterocycles. The van der Waals surface area contributed by atoms with Crippen LogP contribution >= 0.6 is 0 Å². The van der Waals surface area contributed by atoms with E-state index >= 15 is 0 Å². The van der Waals surface area contributed by atoms with E-state index in [-0.39, 0.29) is 5.41 Å². The molecule has 0 spiro atoms. The van der Waals surface area contributed by atoms with E-state index in [1.807, 2.05) is 13.1 Å². The van der Waals surface area contributed by atoms with Gasteiger partial charge in [-0.2, -0.15) is 10.2 Å². The lowest BCUT2D eigenvalue weighted by Gasteiger charge is -2.16. The number of rotatable bonds is 1. The Hall–Kier alpha value is -0.660. The Bertz CT molecular complexity index is 170. The van der Waals surface area contributed by atoms with Crippen molar-refractivity contribution in [1.29, 1.82) is 0 Å². The average Bonchev–Trinajstić information content (AvgIpc) is 2.15. The van der Waals surface area contributed by atoms with Gasteiger partial charge in [-0.05, 0) is 20.3 Å². The quantitative estimate of drug-likeness (QED) is 0.509. The van der Waals surface area contributed by atoms with Crippen LogP contribution in [0.25, 0.3) is 0 Å². The summed E-state index contributed by atoms with van der Waals surface area (Å²) in [7, 11) is 0. The summed E-state index contributed by atoms with van der Waals surface area (Å²) in [4.78, 5) is 0. The van der Waals surface area contributed by atoms with Gasteiger partial charge in [0.05, 0.1) is 0 Å². The van der Waals surface area contributed by atoms with Crippen LogP contribution in [0.2, 0.25) is 0 Å². The van der Waals surface area contributed by atoms with Crippen LogP contribution in [-0.2, 0) is 0 Å². The van der Waals surface area contributed by atoms with Gasteiger partial charge in [-0.25, -0.2) is 0 Å². The van der Waals surface area contributed by atoms with E-state index in [1.165, 1.54) is 0 Å². The highest BCUT2D eigenvalue weighted by molar-refractivity contribution is 6.03. The molecule has 1 heterocycles. The zero-order chi connectivity index (χ0) is 6.91. The third-order valence-corrected chi connectivity index (χ3v) is 2.11. The van der Waals surface area contributed by atoms with Gasteiger partial charge < -0.3 is 0 Å². The van der Waals surface area contributed by atoms with Gasteiger partial charge in [0, 0.05) is 17.3 Å². The maximum Gasteiger partial charge on any atom is 0.0487 e. The first-order valence-corrected chi connectivity index (χ1v) is 3.28. The molecule has 1 aliphatic heterocycles. The predicted molar refractivity (Wildman–Crippen MR) is 40.0 cm³/mol. The molecule has 0 aromatic rings. The Labute approximate surface area is 55.7 Å². The summed E-state index contributed by atoms with van der Waals surface area (Å²) in [6.07, 6.45) is 3.01. The van der Waals surface area contributed by atoms with Crippen molar-refractivity contribution in [2.75, 3.05) is 0 Å². The molecule has 0 bridgehead atoms. The highest BCUT2D eigenvalue weighted by Crippen LogP contribution is 2.24. The first kappa shape index (κ1) is 6.46. The largest absolute Gasteiger partial charge is 0.163 e. The van der Waals surface area contributed by atoms with Crippen LogP contribution in [0.4, 0.5) is 0 Å². The van der Waals surface area contributed by atoms with Gasteiger partial charge in [-0.3, -0.25) is 0 Å². The Morgan fingerprint density at radius 2 is 2.33 bits per heavy atom. The molecule has 1 atom stereocenters. The monoisotopic (exact) mass is 124 g/mol. The first-order valence-electron chi connectivity index (χ1n) is 3.28. The smallest absolute Gasteiger partial charge is 0.0487 e. The molecule has 1 unspecified atom stereocenters. The van der Waals surface area contributed by atoms with Gasteiger partial charge in [0.1, 0.15) is 0 Å². The first-order chi connectivity index (χ1) is 4.19. The normalized spacial score (nSPS) is 33.0. The van der Waals surface area contributed by atoms with Crippen LogP contribution in [0.5, 0.6) is 0 Å². The summed E-state index contributed by atoms with van der Waals surface area (Å²) in [5.41, 5.74) is 1.28. The van der Waals surface area contributed by atoms with Crippen LogP contribution in [0.15, 0.2) is 10.2 Å². The second kappa shape index (κ2) is 1.94. The maximum absolute atomic E-state index is 3.95. The SMILES string of the molecule is CCC1(C)C=NN=C1C. The van der Waals surface area contributed by atoms with Crippen LogP contribution in [-0.4, -0.2) is 11.9 Å². The van der Waals surface area contributed by atoms with E-state index in [1.54, 1.807) is 0 Å². The van der Waals surface area contributed by atoms with Gasteiger partial charge in [-0.15, -0.1) is 0 Å². The topological polar surface area (TPSA) is 24.7 Å². The molecule has 1 aliphatic rings. The van der Waals surface area contributed by atoms with Crippen molar-refractivity contribution in [2.45, 2.75) is 27.2 Å². The van der Waals surface area contributed by atoms with Crippen molar-refractivity contribution in [2.24, 2.45) is 15.6 Å². The minimum absolute atomic E-state index is 0.153. The fourth-order valence-electron chi connectivity index (χ4n) is 0.798. The van der Waals surface area contributed by atoms with Crippen molar-refractivity contribution < 1.29 is 0 Å². The highest BCUT2D eigenvalue weighted by atomic mass is 15.2. The van der Waals surface area contributed by atoms with Gasteiger partial charge >= 0.3 is 0 Å². The van der Waals surface area contributed by atoms with Crippen molar-refractivity contribution in [3.8, 4) is 0 Å². The van der Waals surface area contributed by atoms with Gasteiger partial charge in [-0.1, -0.05) is 6.92 Å². The molecule has 0 saturated carbocycles. The van der Waals surface area contributed by atoms with Crippen LogP contribution in [0, 0.1) is 5.41 Å². The summed E-state index contributed by atoms with van der Waals surface area (Å²) >= 11 is 0. The van der Waals surface area contributed by atoms with Crippen molar-refractivity contribution >= 4 is 11.9 Å². The molecule has 2 nitrogen and oxygen atoms in total. The molecule has 0 saturated heterocycles. The molecule has 0 amide bonds. The minimum Gasteiger partial charge on any atom is -0.163 e. The van der Waals surface area contributed by atoms with Crippen LogP contribution in [0.1, 0.15) is 27.2 Å². The molecule has 9 heavy (non-hydrogen) atoms. The molecule has 0 fully saturated rings. The molecule has 0 aromatic carbocycles. The molecule has 0 N–H and O–H groups in total. The third kappa shape index (κ3) is 0.889. The van der Waals surface area contributed by atoms with E-state index in [4.69, 9.17) is 0 Å². The predicted octanol–water partition coefficient (Wildman–Crippen LogP) is 1.86. The standard InChI is InChI=1S/C7H12N2/c1-4-7(3)5-8-9-6(7)2/h5H,4H2,1-3H3. The van der Waals surface area contributed by atoms with E-state index < -0.39 is 0 Å². The molecular weight excluding hydrogens is 112 g/mol. The van der Waals surface area contributed by atoms with Crippen LogP contribution in [0.3, 0.4) is 0 Å². The Morgan fingerprint density at radius 1 is 1.67 bits per heavy atom. The maximum atomic E-state index is 3.95. The number of hydrogen-bond donors (Lipinski definition) is 0. The van der Waals surface area contributed by atoms with Crippen LogP contribution < -0.4 is 0 Å². The van der Waals surface area contributed by atoms with E-state index in [0.717, 1.165) is 12.1 Å². The molecule has 0 aliphatic carbocycles. The van der Waals surface area contributed by atoms with Crippen molar-refractivity contribution in [1.82, 2.24) is 0 Å². The molecular formula is C7H12N2. The summed E-state index contributed by atoms with van der Waals surface area (Å²) in [5, 5.41) is 7.80. The Balaban J connectivity index is 2.82. The van der Waals surface area contributed by atoms with Gasteiger partial charge in [0.2, 0.25) is 0 Å². The Morgan fingerprint density at radius 3 is 2.56 bits per heavy atom. The number of hydrogen-bond acceptors (Lipinski definition) is 2. The number of nitrogens with zero attached hydrogens (tertiary/aromatic N) is 2. The lowest BCUT2D eigenvalue weighted by molar-refractivity contribution is 0.636. The third-order valence-electron chi connectivity index (χ3n) is 2.11. The molecule has 2 heteroatoms. The zero-order valence-corrected chi connectivity index (χ0v) is 6.18. The fourth-order valence-corrected chi connectivity index (χ4v) is 0.798. The van der Waals surface area contributed by atoms with Gasteiger partial charge in [0.15, 0.2) is 0 Å². The Kier molecular flexibility index (Phi) is 1.39. The summed E-state index contributed by atoms with van der Waals surface area (Å²) in [6, 6.07) is 0. The molecule has 0 radical (unpaired) electrons. The summed E-state index contributed by atoms with van der Waals surface area (Å²) < 4.78 is 0. The average molecular weight is 124 g/mol. The van der Waals surface area contributed by atoms with E-state index in [9.17, 15) is 0 Å². The van der Waals surface area contributed by atoms with E-state index in [2.05, 4.69) is 24.1 Å². The van der Waals surface area contributed by atoms with E-state index in [0.29, 0.717) is 0 Å². The highest BCUT2D eigenvalue weighted by Gasteiger charge is 2.26. The molecule has 50 valence electrons. The molecule has 1 rings (SSSR count). The lowest BCUT2D eigenvalue weighted by atomic mass is 9.85. The minimum atomic E-state index is 0.153. The van der Waals surface area contributed by atoms with Gasteiger partial charge in [0.25, 0.3) is 0 Å². The zero-order valence-electron chi connectivity index (χ0n) is 6.18. The summed E-state index contributed by atoms with van der Waals surface area (Å²) in [6.45, 7) is 6.33. The lowest BCUT2D eigenvalue weighted by Crippen LogP contribution is -2.22.